The van der Waals surface area contributed by atoms with Crippen molar-refractivity contribution in [2.45, 2.75) is 9.10 Å². The Bertz CT molecular complexity index is 1410. The van der Waals surface area contributed by atoms with Crippen LogP contribution in [0.5, 0.6) is 0 Å². The highest BCUT2D eigenvalue weighted by molar-refractivity contribution is 7.93. The Kier molecular flexibility index (Phi) is 4.96. The Labute approximate surface area is 174 Å². The molecule has 0 aliphatic heterocycles. The first-order valence-corrected chi connectivity index (χ1v) is 10.9. The van der Waals surface area contributed by atoms with Gasteiger partial charge in [0.05, 0.1) is 4.90 Å². The van der Waals surface area contributed by atoms with Gasteiger partial charge < -0.3 is 5.21 Å². The third kappa shape index (κ3) is 3.56. The van der Waals surface area contributed by atoms with Gasteiger partial charge in [-0.15, -0.1) is 11.3 Å². The molecule has 0 aliphatic rings. The fourth-order valence-corrected chi connectivity index (χ4v) is 6.18. The third-order valence-corrected chi connectivity index (χ3v) is 7.78. The Morgan fingerprint density at radius 3 is 2.62 bits per heavy atom. The van der Waals surface area contributed by atoms with Crippen LogP contribution in [-0.4, -0.2) is 13.4 Å². The van der Waals surface area contributed by atoms with Gasteiger partial charge in [-0.3, -0.25) is 0 Å². The number of nitrogens with zero attached hydrogens (tertiary/aromatic N) is 2. The van der Waals surface area contributed by atoms with Gasteiger partial charge in [0.25, 0.3) is 0 Å². The largest absolute Gasteiger partial charge is 0.498 e. The van der Waals surface area contributed by atoms with Crippen LogP contribution in [0.4, 0.5) is 4.39 Å². The van der Waals surface area contributed by atoms with Crippen LogP contribution in [0.15, 0.2) is 69.9 Å². The van der Waals surface area contributed by atoms with Crippen LogP contribution < -0.4 is 0 Å². The van der Waals surface area contributed by atoms with Gasteiger partial charge >= 0.3 is 6.07 Å². The van der Waals surface area contributed by atoms with E-state index < -0.39 is 15.7 Å². The van der Waals surface area contributed by atoms with Crippen molar-refractivity contribution in [3.63, 3.8) is 0 Å². The molecule has 29 heavy (non-hydrogen) atoms. The van der Waals surface area contributed by atoms with Crippen LogP contribution in [0.2, 0.25) is 5.02 Å². The number of fused-ring (bicyclic) bond motifs is 1. The lowest BCUT2D eigenvalue weighted by Gasteiger charge is -2.07. The number of aromatic nitrogens is 1. The van der Waals surface area contributed by atoms with E-state index in [1.165, 1.54) is 0 Å². The Morgan fingerprint density at radius 2 is 1.90 bits per heavy atom. The summed E-state index contributed by atoms with van der Waals surface area (Å²) in [5.41, 5.74) is 1.03. The van der Waals surface area contributed by atoms with Gasteiger partial charge in [-0.1, -0.05) is 23.7 Å². The lowest BCUT2D eigenvalue weighted by molar-refractivity contribution is 0.592. The summed E-state index contributed by atoms with van der Waals surface area (Å²) in [5.74, 6) is -0.815. The lowest BCUT2D eigenvalue weighted by Crippen LogP contribution is -2.03. The van der Waals surface area contributed by atoms with Crippen molar-refractivity contribution in [2.24, 2.45) is 0 Å². The van der Waals surface area contributed by atoms with Gasteiger partial charge in [0.2, 0.25) is 9.84 Å². The fourth-order valence-electron chi connectivity index (χ4n) is 2.93. The van der Waals surface area contributed by atoms with Crippen LogP contribution in [0.25, 0.3) is 26.4 Å². The number of benzene rings is 2. The van der Waals surface area contributed by atoms with Gasteiger partial charge in [0, 0.05) is 27.2 Å². The smallest absolute Gasteiger partial charge is 0.336 e. The first-order chi connectivity index (χ1) is 13.9. The van der Waals surface area contributed by atoms with Gasteiger partial charge in [-0.05, 0) is 48.0 Å². The number of halogens is 2. The highest BCUT2D eigenvalue weighted by Crippen LogP contribution is 2.43. The first-order valence-electron chi connectivity index (χ1n) is 8.17. The molecule has 5 nitrogen and oxygen atoms in total. The second-order valence-electron chi connectivity index (χ2n) is 6.01. The Balaban J connectivity index is 2.02. The van der Waals surface area contributed by atoms with E-state index in [2.05, 4.69) is 9.99 Å². The molecule has 0 saturated heterocycles. The van der Waals surface area contributed by atoms with E-state index in [0.717, 1.165) is 29.5 Å². The number of rotatable bonds is 3. The minimum absolute atomic E-state index is 0.0177. The summed E-state index contributed by atoms with van der Waals surface area (Å²) in [6, 6.07) is 15.3. The van der Waals surface area contributed by atoms with E-state index in [9.17, 15) is 18.0 Å². The van der Waals surface area contributed by atoms with E-state index in [4.69, 9.17) is 11.6 Å². The fraction of sp³-hybridized carbons (Fsp3) is 0. The quantitative estimate of drug-likeness (QED) is 0.376. The topological polar surface area (TPSA) is 74.5 Å². The zero-order chi connectivity index (χ0) is 20.6. The summed E-state index contributed by atoms with van der Waals surface area (Å²) in [5, 5.41) is 14.1. The maximum Gasteiger partial charge on any atom is 0.336 e. The maximum atomic E-state index is 14.0. The molecule has 0 saturated carbocycles. The zero-order valence-corrected chi connectivity index (χ0v) is 16.9. The van der Waals surface area contributed by atoms with Crippen LogP contribution in [-0.2, 0) is 9.84 Å². The molecule has 0 atom stereocenters. The van der Waals surface area contributed by atoms with Crippen molar-refractivity contribution in [3.05, 3.63) is 87.4 Å². The van der Waals surface area contributed by atoms with Crippen LogP contribution in [0, 0.1) is 17.1 Å². The molecular formula is C20H10ClFN2O3S2. The van der Waals surface area contributed by atoms with Crippen molar-refractivity contribution in [1.82, 2.24) is 4.98 Å². The van der Waals surface area contributed by atoms with Gasteiger partial charge in [-0.25, -0.2) is 17.8 Å². The van der Waals surface area contributed by atoms with Crippen molar-refractivity contribution < 1.29 is 12.8 Å². The molecule has 9 heteroatoms. The SMILES string of the molecule is O=S(=O)(c1cc(F)cc(C#[N+][O-])c1)c1sc2ncccc2c1-c1ccc(Cl)cc1. The van der Waals surface area contributed by atoms with Crippen molar-refractivity contribution in [3.8, 4) is 17.2 Å². The Morgan fingerprint density at radius 1 is 1.14 bits per heavy atom. The number of thiophene rings is 1. The minimum atomic E-state index is -4.13. The van der Waals surface area contributed by atoms with Gasteiger partial charge in [0.1, 0.15) is 20.4 Å². The molecule has 4 rings (SSSR count). The molecule has 0 radical (unpaired) electrons. The molecular weight excluding hydrogens is 435 g/mol. The molecule has 0 fully saturated rings. The predicted molar refractivity (Wildman–Crippen MR) is 112 cm³/mol. The zero-order valence-electron chi connectivity index (χ0n) is 14.5. The highest BCUT2D eigenvalue weighted by Gasteiger charge is 2.28. The minimum Gasteiger partial charge on any atom is -0.498 e. The monoisotopic (exact) mass is 444 g/mol. The summed E-state index contributed by atoms with van der Waals surface area (Å²) < 4.78 is 40.9. The third-order valence-electron chi connectivity index (χ3n) is 4.17. The number of sulfone groups is 1. The molecule has 0 unspecified atom stereocenters. The summed E-state index contributed by atoms with van der Waals surface area (Å²) in [6.07, 6.45) is 1.57. The van der Waals surface area contributed by atoms with Crippen molar-refractivity contribution in [2.75, 3.05) is 0 Å². The molecule has 2 aromatic carbocycles. The van der Waals surface area contributed by atoms with E-state index in [1.807, 2.05) is 6.07 Å². The van der Waals surface area contributed by atoms with E-state index in [-0.39, 0.29) is 14.7 Å². The first kappa shape index (κ1) is 19.3. The standard InChI is InChI=1S/C20H10ClFN2O3S2/c21-14-5-3-13(4-6-14)18-17-2-1-7-23-19(17)28-20(18)29(26,27)16-9-12(11-24-25)8-15(22)10-16/h1-10H. The highest BCUT2D eigenvalue weighted by atomic mass is 35.5. The lowest BCUT2D eigenvalue weighted by atomic mass is 10.1. The summed E-state index contributed by atoms with van der Waals surface area (Å²) in [4.78, 5) is 4.49. The average Bonchev–Trinajstić information content (AvgIpc) is 3.09. The van der Waals surface area contributed by atoms with Crippen LogP contribution in [0.1, 0.15) is 5.56 Å². The second-order valence-corrected chi connectivity index (χ2v) is 9.59. The van der Waals surface area contributed by atoms with Gasteiger partial charge in [0.15, 0.2) is 0 Å². The molecule has 144 valence electrons. The maximum absolute atomic E-state index is 14.0. The number of hydrogen-bond donors (Lipinski definition) is 0. The molecule has 4 aromatic rings. The number of pyridine rings is 1. The van der Waals surface area contributed by atoms with Gasteiger partial charge in [-0.2, -0.15) is 0 Å². The normalized spacial score (nSPS) is 11.2. The average molecular weight is 445 g/mol. The van der Waals surface area contributed by atoms with Crippen molar-refractivity contribution in [1.29, 1.82) is 0 Å². The summed E-state index contributed by atoms with van der Waals surface area (Å²) in [7, 11) is -4.13. The summed E-state index contributed by atoms with van der Waals surface area (Å²) in [6.45, 7) is 0. The molecule has 0 N–H and O–H groups in total. The van der Waals surface area contributed by atoms with Crippen LogP contribution >= 0.6 is 22.9 Å². The van der Waals surface area contributed by atoms with E-state index in [0.29, 0.717) is 26.4 Å². The molecule has 0 bridgehead atoms. The number of hydrogen-bond acceptors (Lipinski definition) is 5. The Hall–Kier alpha value is -2.99. The van der Waals surface area contributed by atoms with Crippen LogP contribution in [0.3, 0.4) is 0 Å². The molecule has 2 aromatic heterocycles. The summed E-state index contributed by atoms with van der Waals surface area (Å²) >= 11 is 6.96. The molecule has 2 heterocycles. The predicted octanol–water partition coefficient (Wildman–Crippen LogP) is 5.77. The molecule has 0 spiro atoms. The van der Waals surface area contributed by atoms with Crippen molar-refractivity contribution >= 4 is 43.0 Å². The second kappa shape index (κ2) is 7.44. The molecule has 0 amide bonds. The van der Waals surface area contributed by atoms with E-state index >= 15 is 0 Å². The van der Waals surface area contributed by atoms with E-state index in [1.54, 1.807) is 42.6 Å². The molecule has 0 aliphatic carbocycles.